The number of fused-ring (bicyclic) bond motifs is 1. The van der Waals surface area contributed by atoms with Crippen LogP contribution in [-0.2, 0) is 9.09 Å². The lowest BCUT2D eigenvalue weighted by Gasteiger charge is -2.10. The number of para-hydroxylation sites is 2. The van der Waals surface area contributed by atoms with Gasteiger partial charge in [0.1, 0.15) is 11.8 Å². The standard InChI is InChI=1S/C8H9N2O4P/c1-13-15(11,12)14-10-6-9-7-4-2-3-5-8(7)10/h2-6H,1H3,(H,11,12). The molecule has 1 unspecified atom stereocenters. The number of imidazole rings is 1. The van der Waals surface area contributed by atoms with Crippen molar-refractivity contribution in [3.63, 3.8) is 0 Å². The lowest BCUT2D eigenvalue weighted by molar-refractivity contribution is 0.163. The van der Waals surface area contributed by atoms with Gasteiger partial charge in [-0.3, -0.25) is 9.42 Å². The summed E-state index contributed by atoms with van der Waals surface area (Å²) < 4.78 is 21.3. The minimum atomic E-state index is -4.04. The first-order valence-corrected chi connectivity index (χ1v) is 5.62. The van der Waals surface area contributed by atoms with Crippen LogP contribution in [0.25, 0.3) is 11.0 Å². The lowest BCUT2D eigenvalue weighted by Crippen LogP contribution is -2.07. The number of benzene rings is 1. The molecule has 0 aliphatic rings. The number of hydrogen-bond acceptors (Lipinski definition) is 4. The van der Waals surface area contributed by atoms with Crippen molar-refractivity contribution in [2.45, 2.75) is 0 Å². The van der Waals surface area contributed by atoms with Gasteiger partial charge in [0, 0.05) is 7.11 Å². The molecule has 1 heterocycles. The third-order valence-electron chi connectivity index (χ3n) is 1.84. The molecule has 0 saturated carbocycles. The van der Waals surface area contributed by atoms with E-state index in [2.05, 4.69) is 9.51 Å². The Morgan fingerprint density at radius 3 is 2.93 bits per heavy atom. The Labute approximate surface area is 85.6 Å². The van der Waals surface area contributed by atoms with Crippen LogP contribution >= 0.6 is 7.82 Å². The topological polar surface area (TPSA) is 73.6 Å². The molecular weight excluding hydrogens is 219 g/mol. The van der Waals surface area contributed by atoms with Crippen molar-refractivity contribution in [3.8, 4) is 0 Å². The van der Waals surface area contributed by atoms with Gasteiger partial charge in [0.25, 0.3) is 0 Å². The molecule has 2 rings (SSSR count). The maximum absolute atomic E-state index is 11.2. The number of phosphoric ester groups is 1. The predicted molar refractivity (Wildman–Crippen MR) is 53.1 cm³/mol. The second-order valence-corrected chi connectivity index (χ2v) is 4.26. The molecule has 1 aromatic carbocycles. The summed E-state index contributed by atoms with van der Waals surface area (Å²) in [5.74, 6) is 0. The minimum Gasteiger partial charge on any atom is -0.310 e. The Morgan fingerprint density at radius 2 is 2.20 bits per heavy atom. The third-order valence-corrected chi connectivity index (χ3v) is 2.69. The van der Waals surface area contributed by atoms with E-state index >= 15 is 0 Å². The van der Waals surface area contributed by atoms with Gasteiger partial charge >= 0.3 is 7.82 Å². The first-order chi connectivity index (χ1) is 7.12. The summed E-state index contributed by atoms with van der Waals surface area (Å²) in [5.41, 5.74) is 1.28. The van der Waals surface area contributed by atoms with E-state index < -0.39 is 7.82 Å². The molecule has 0 fully saturated rings. The summed E-state index contributed by atoms with van der Waals surface area (Å²) in [6.07, 6.45) is 1.31. The number of rotatable bonds is 3. The average molecular weight is 228 g/mol. The first-order valence-electron chi connectivity index (χ1n) is 4.13. The van der Waals surface area contributed by atoms with E-state index in [0.717, 1.165) is 11.8 Å². The highest BCUT2D eigenvalue weighted by Gasteiger charge is 2.21. The van der Waals surface area contributed by atoms with Gasteiger partial charge in [-0.1, -0.05) is 12.1 Å². The van der Waals surface area contributed by atoms with Crippen LogP contribution in [0.3, 0.4) is 0 Å². The molecule has 0 aliphatic heterocycles. The zero-order valence-electron chi connectivity index (χ0n) is 7.90. The van der Waals surface area contributed by atoms with Crippen molar-refractivity contribution in [1.82, 2.24) is 9.71 Å². The van der Waals surface area contributed by atoms with E-state index in [1.54, 1.807) is 18.2 Å². The average Bonchev–Trinajstić information content (AvgIpc) is 2.62. The van der Waals surface area contributed by atoms with Crippen LogP contribution in [-0.4, -0.2) is 21.7 Å². The van der Waals surface area contributed by atoms with Gasteiger partial charge in [-0.25, -0.2) is 9.55 Å². The molecule has 0 bridgehead atoms. The molecule has 0 radical (unpaired) electrons. The molecule has 1 atom stereocenters. The van der Waals surface area contributed by atoms with Crippen molar-refractivity contribution < 1.29 is 18.6 Å². The molecule has 1 N–H and O–H groups in total. The number of phosphoric acid groups is 1. The zero-order valence-corrected chi connectivity index (χ0v) is 8.79. The Hall–Kier alpha value is -1.36. The fourth-order valence-electron chi connectivity index (χ4n) is 1.15. The van der Waals surface area contributed by atoms with Crippen molar-refractivity contribution in [2.24, 2.45) is 0 Å². The van der Waals surface area contributed by atoms with Crippen LogP contribution in [0.1, 0.15) is 0 Å². The summed E-state index contributed by atoms with van der Waals surface area (Å²) >= 11 is 0. The molecular formula is C8H9N2O4P. The third kappa shape index (κ3) is 2.02. The first kappa shape index (κ1) is 10.2. The van der Waals surface area contributed by atoms with E-state index in [9.17, 15) is 4.57 Å². The summed E-state index contributed by atoms with van der Waals surface area (Å²) in [7, 11) is -2.95. The van der Waals surface area contributed by atoms with E-state index in [0.29, 0.717) is 11.0 Å². The SMILES string of the molecule is COP(=O)(O)On1cnc2ccccc21. The molecule has 7 heteroatoms. The van der Waals surface area contributed by atoms with Gasteiger partial charge in [0.15, 0.2) is 0 Å². The number of aromatic nitrogens is 2. The van der Waals surface area contributed by atoms with Crippen LogP contribution in [0.5, 0.6) is 0 Å². The molecule has 0 saturated heterocycles. The largest absolute Gasteiger partial charge is 0.546 e. The summed E-state index contributed by atoms with van der Waals surface area (Å²) in [5, 5.41) is 0. The fraction of sp³-hybridized carbons (Fsp3) is 0.125. The van der Waals surface area contributed by atoms with Crippen LogP contribution < -0.4 is 4.62 Å². The van der Waals surface area contributed by atoms with Gasteiger partial charge < -0.3 is 4.62 Å². The quantitative estimate of drug-likeness (QED) is 0.799. The Morgan fingerprint density at radius 1 is 1.47 bits per heavy atom. The van der Waals surface area contributed by atoms with Crippen molar-refractivity contribution in [2.75, 3.05) is 7.11 Å². The Kier molecular flexibility index (Phi) is 2.48. The van der Waals surface area contributed by atoms with Crippen LogP contribution in [0, 0.1) is 0 Å². The zero-order chi connectivity index (χ0) is 10.9. The van der Waals surface area contributed by atoms with Crippen molar-refractivity contribution in [1.29, 1.82) is 0 Å². The Bertz CT molecular complexity index is 524. The maximum Gasteiger partial charge on any atom is 0.546 e. The normalized spacial score (nSPS) is 15.1. The van der Waals surface area contributed by atoms with Gasteiger partial charge in [-0.2, -0.15) is 4.73 Å². The number of hydrogen-bond donors (Lipinski definition) is 1. The summed E-state index contributed by atoms with van der Waals surface area (Å²) in [4.78, 5) is 13.1. The highest BCUT2D eigenvalue weighted by Crippen LogP contribution is 2.38. The molecule has 80 valence electrons. The van der Waals surface area contributed by atoms with E-state index in [1.165, 1.54) is 6.33 Å². The van der Waals surface area contributed by atoms with Crippen LogP contribution in [0.4, 0.5) is 0 Å². The lowest BCUT2D eigenvalue weighted by atomic mass is 10.3. The summed E-state index contributed by atoms with van der Waals surface area (Å²) in [6.45, 7) is 0. The summed E-state index contributed by atoms with van der Waals surface area (Å²) in [6, 6.07) is 7.08. The highest BCUT2D eigenvalue weighted by atomic mass is 31.2. The van der Waals surface area contributed by atoms with Gasteiger partial charge in [-0.05, 0) is 12.1 Å². The van der Waals surface area contributed by atoms with E-state index in [-0.39, 0.29) is 0 Å². The Balaban J connectivity index is 2.41. The second-order valence-electron chi connectivity index (χ2n) is 2.79. The highest BCUT2D eigenvalue weighted by molar-refractivity contribution is 7.47. The van der Waals surface area contributed by atoms with E-state index in [4.69, 9.17) is 9.52 Å². The van der Waals surface area contributed by atoms with Crippen molar-refractivity contribution in [3.05, 3.63) is 30.6 Å². The molecule has 0 amide bonds. The fourth-order valence-corrected chi connectivity index (χ4v) is 1.57. The smallest absolute Gasteiger partial charge is 0.310 e. The van der Waals surface area contributed by atoms with Gasteiger partial charge in [0.2, 0.25) is 0 Å². The minimum absolute atomic E-state index is 0.601. The molecule has 6 nitrogen and oxygen atoms in total. The van der Waals surface area contributed by atoms with E-state index in [1.807, 2.05) is 6.07 Å². The van der Waals surface area contributed by atoms with Crippen LogP contribution in [0.15, 0.2) is 30.6 Å². The second kappa shape index (κ2) is 3.66. The molecule has 15 heavy (non-hydrogen) atoms. The molecule has 1 aromatic heterocycles. The molecule has 2 aromatic rings. The number of nitrogens with zero attached hydrogens (tertiary/aromatic N) is 2. The van der Waals surface area contributed by atoms with Crippen LogP contribution in [0.2, 0.25) is 0 Å². The molecule has 0 spiro atoms. The van der Waals surface area contributed by atoms with Crippen molar-refractivity contribution >= 4 is 18.9 Å². The predicted octanol–water partition coefficient (Wildman–Crippen LogP) is 1.21. The maximum atomic E-state index is 11.2. The monoisotopic (exact) mass is 228 g/mol. The van der Waals surface area contributed by atoms with Gasteiger partial charge in [0.05, 0.1) is 5.52 Å². The van der Waals surface area contributed by atoms with Gasteiger partial charge in [-0.15, -0.1) is 0 Å². The molecule has 0 aliphatic carbocycles.